The van der Waals surface area contributed by atoms with E-state index in [1.807, 2.05) is 0 Å². The largest absolute Gasteiger partial charge is 0.329 e. The topological polar surface area (TPSA) is 29.3 Å². The minimum absolute atomic E-state index is 0.355. The van der Waals surface area contributed by atoms with E-state index in [9.17, 15) is 0 Å². The highest BCUT2D eigenvalue weighted by Gasteiger charge is 2.31. The average molecular weight is 339 g/mol. The second kappa shape index (κ2) is 6.59. The van der Waals surface area contributed by atoms with Gasteiger partial charge in [-0.05, 0) is 55.5 Å². The highest BCUT2D eigenvalue weighted by atomic mass is 79.9. The first-order valence-corrected chi connectivity index (χ1v) is 8.48. The molecular weight excluding hydrogens is 312 g/mol. The Bertz CT molecular complexity index is 450. The molecule has 2 rings (SSSR count). The molecule has 1 unspecified atom stereocenters. The summed E-state index contributed by atoms with van der Waals surface area (Å²) in [5, 5.41) is 0. The maximum atomic E-state index is 6.07. The van der Waals surface area contributed by atoms with Gasteiger partial charge in [0.05, 0.1) is 0 Å². The van der Waals surface area contributed by atoms with Gasteiger partial charge in [0, 0.05) is 17.1 Å². The van der Waals surface area contributed by atoms with Gasteiger partial charge in [0.2, 0.25) is 0 Å². The molecule has 1 aliphatic heterocycles. The molecule has 1 atom stereocenters. The average Bonchev–Trinajstić information content (AvgIpc) is 2.46. The lowest BCUT2D eigenvalue weighted by Gasteiger charge is -2.42. The predicted molar refractivity (Wildman–Crippen MR) is 89.9 cm³/mol. The lowest BCUT2D eigenvalue weighted by atomic mass is 9.78. The standard InChI is InChI=1S/C17H27BrN2/c1-4-17(3)7-9-20(10-8-17)16(12-19)14-6-5-13(2)15(18)11-14/h5-6,11,16H,4,7-10,12,19H2,1-3H3. The van der Waals surface area contributed by atoms with E-state index in [-0.39, 0.29) is 0 Å². The van der Waals surface area contributed by atoms with Crippen molar-refractivity contribution in [2.24, 2.45) is 11.1 Å². The fourth-order valence-electron chi connectivity index (χ4n) is 3.04. The quantitative estimate of drug-likeness (QED) is 0.888. The lowest BCUT2D eigenvalue weighted by molar-refractivity contribution is 0.0829. The SMILES string of the molecule is CCC1(C)CCN(C(CN)c2ccc(C)c(Br)c2)CC1. The fraction of sp³-hybridized carbons (Fsp3) is 0.647. The molecule has 1 fully saturated rings. The van der Waals surface area contributed by atoms with Crippen LogP contribution in [0.15, 0.2) is 22.7 Å². The molecule has 0 spiro atoms. The Labute approximate surface area is 131 Å². The van der Waals surface area contributed by atoms with Gasteiger partial charge in [-0.25, -0.2) is 0 Å². The zero-order valence-electron chi connectivity index (χ0n) is 13.0. The van der Waals surface area contributed by atoms with Crippen LogP contribution in [-0.4, -0.2) is 24.5 Å². The second-order valence-corrected chi connectivity index (χ2v) is 7.31. The van der Waals surface area contributed by atoms with Gasteiger partial charge in [0.25, 0.3) is 0 Å². The maximum Gasteiger partial charge on any atom is 0.0470 e. The van der Waals surface area contributed by atoms with Crippen LogP contribution in [0.5, 0.6) is 0 Å². The van der Waals surface area contributed by atoms with Crippen LogP contribution in [0.4, 0.5) is 0 Å². The molecule has 1 heterocycles. The monoisotopic (exact) mass is 338 g/mol. The maximum absolute atomic E-state index is 6.07. The number of nitrogens with zero attached hydrogens (tertiary/aromatic N) is 1. The van der Waals surface area contributed by atoms with Crippen molar-refractivity contribution in [3.8, 4) is 0 Å². The summed E-state index contributed by atoms with van der Waals surface area (Å²) in [6.07, 6.45) is 3.85. The fourth-order valence-corrected chi connectivity index (χ4v) is 3.44. The van der Waals surface area contributed by atoms with Crippen molar-refractivity contribution in [2.45, 2.75) is 46.1 Å². The van der Waals surface area contributed by atoms with Crippen LogP contribution in [0.25, 0.3) is 0 Å². The van der Waals surface area contributed by atoms with Crippen LogP contribution in [0, 0.1) is 12.3 Å². The summed E-state index contributed by atoms with van der Waals surface area (Å²) in [4.78, 5) is 2.56. The van der Waals surface area contributed by atoms with Gasteiger partial charge in [-0.3, -0.25) is 4.90 Å². The van der Waals surface area contributed by atoms with E-state index in [4.69, 9.17) is 5.73 Å². The number of likely N-dealkylation sites (tertiary alicyclic amines) is 1. The van der Waals surface area contributed by atoms with Crippen molar-refractivity contribution in [1.82, 2.24) is 4.90 Å². The predicted octanol–water partition coefficient (Wildman–Crippen LogP) is 4.27. The molecule has 1 aromatic carbocycles. The highest BCUT2D eigenvalue weighted by Crippen LogP contribution is 2.37. The van der Waals surface area contributed by atoms with Crippen molar-refractivity contribution in [3.63, 3.8) is 0 Å². The zero-order valence-corrected chi connectivity index (χ0v) is 14.5. The Kier molecular flexibility index (Phi) is 5.27. The smallest absolute Gasteiger partial charge is 0.0470 e. The summed E-state index contributed by atoms with van der Waals surface area (Å²) < 4.78 is 1.18. The Hall–Kier alpha value is -0.380. The van der Waals surface area contributed by atoms with Crippen LogP contribution < -0.4 is 5.73 Å². The van der Waals surface area contributed by atoms with Crippen LogP contribution in [0.2, 0.25) is 0 Å². The second-order valence-electron chi connectivity index (χ2n) is 6.46. The Morgan fingerprint density at radius 2 is 2.00 bits per heavy atom. The summed E-state index contributed by atoms with van der Waals surface area (Å²) in [6, 6.07) is 7.00. The van der Waals surface area contributed by atoms with Gasteiger partial charge >= 0.3 is 0 Å². The highest BCUT2D eigenvalue weighted by molar-refractivity contribution is 9.10. The van der Waals surface area contributed by atoms with Crippen LogP contribution in [0.3, 0.4) is 0 Å². The van der Waals surface area contributed by atoms with Crippen molar-refractivity contribution in [2.75, 3.05) is 19.6 Å². The third-order valence-electron chi connectivity index (χ3n) is 5.10. The van der Waals surface area contributed by atoms with Gasteiger partial charge in [-0.15, -0.1) is 0 Å². The van der Waals surface area contributed by atoms with Crippen molar-refractivity contribution >= 4 is 15.9 Å². The van der Waals surface area contributed by atoms with Gasteiger partial charge in [0.1, 0.15) is 0 Å². The normalized spacial score (nSPS) is 20.9. The molecule has 0 saturated carbocycles. The number of rotatable bonds is 4. The third-order valence-corrected chi connectivity index (χ3v) is 5.96. The number of aryl methyl sites for hydroxylation is 1. The molecule has 0 radical (unpaired) electrons. The van der Waals surface area contributed by atoms with E-state index in [2.05, 4.69) is 59.8 Å². The molecule has 20 heavy (non-hydrogen) atoms. The first kappa shape index (κ1) is 16.0. The van der Waals surface area contributed by atoms with Crippen molar-refractivity contribution < 1.29 is 0 Å². The number of hydrogen-bond donors (Lipinski definition) is 1. The molecular formula is C17H27BrN2. The van der Waals surface area contributed by atoms with Gasteiger partial charge in [-0.1, -0.05) is 48.3 Å². The summed E-state index contributed by atoms with van der Waals surface area (Å²) >= 11 is 3.64. The molecule has 0 bridgehead atoms. The molecule has 0 aromatic heterocycles. The lowest BCUT2D eigenvalue weighted by Crippen LogP contribution is -2.42. The molecule has 1 aromatic rings. The van der Waals surface area contributed by atoms with Gasteiger partial charge in [0.15, 0.2) is 0 Å². The van der Waals surface area contributed by atoms with Gasteiger partial charge in [-0.2, -0.15) is 0 Å². The Morgan fingerprint density at radius 3 is 2.50 bits per heavy atom. The molecule has 0 amide bonds. The summed E-state index contributed by atoms with van der Waals surface area (Å²) in [6.45, 7) is 9.88. The summed E-state index contributed by atoms with van der Waals surface area (Å²) in [5.74, 6) is 0. The van der Waals surface area contributed by atoms with Crippen LogP contribution >= 0.6 is 15.9 Å². The van der Waals surface area contributed by atoms with E-state index in [1.54, 1.807) is 0 Å². The summed E-state index contributed by atoms with van der Waals surface area (Å²) in [7, 11) is 0. The molecule has 112 valence electrons. The van der Waals surface area contributed by atoms with Crippen molar-refractivity contribution in [1.29, 1.82) is 0 Å². The Morgan fingerprint density at radius 1 is 1.35 bits per heavy atom. The van der Waals surface area contributed by atoms with E-state index in [1.165, 1.54) is 34.9 Å². The van der Waals surface area contributed by atoms with Crippen molar-refractivity contribution in [3.05, 3.63) is 33.8 Å². The summed E-state index contributed by atoms with van der Waals surface area (Å²) in [5.41, 5.74) is 9.22. The minimum Gasteiger partial charge on any atom is -0.329 e. The number of halogens is 1. The number of piperidine rings is 1. The van der Waals surface area contributed by atoms with Gasteiger partial charge < -0.3 is 5.73 Å². The molecule has 3 heteroatoms. The number of benzene rings is 1. The van der Waals surface area contributed by atoms with Crippen LogP contribution in [0.1, 0.15) is 50.3 Å². The molecule has 1 saturated heterocycles. The molecule has 1 aliphatic rings. The number of hydrogen-bond acceptors (Lipinski definition) is 2. The minimum atomic E-state index is 0.355. The zero-order chi connectivity index (χ0) is 14.8. The number of nitrogens with two attached hydrogens (primary N) is 1. The first-order valence-electron chi connectivity index (χ1n) is 7.69. The molecule has 0 aliphatic carbocycles. The molecule has 2 N–H and O–H groups in total. The molecule has 2 nitrogen and oxygen atoms in total. The van der Waals surface area contributed by atoms with Crippen LogP contribution in [-0.2, 0) is 0 Å². The first-order chi connectivity index (χ1) is 9.49. The Balaban J connectivity index is 2.11. The van der Waals surface area contributed by atoms with E-state index >= 15 is 0 Å². The van der Waals surface area contributed by atoms with E-state index in [0.717, 1.165) is 13.1 Å². The van der Waals surface area contributed by atoms with E-state index in [0.29, 0.717) is 18.0 Å². The van der Waals surface area contributed by atoms with E-state index < -0.39 is 0 Å². The third kappa shape index (κ3) is 3.44.